The third kappa shape index (κ3) is 7.98. The van der Waals surface area contributed by atoms with Crippen molar-refractivity contribution in [3.63, 3.8) is 0 Å². The molecule has 342 valence electrons. The van der Waals surface area contributed by atoms with Gasteiger partial charge in [0.15, 0.2) is 23.8 Å². The molecule has 2 N–H and O–H groups in total. The topological polar surface area (TPSA) is 185 Å². The molecule has 0 aromatic heterocycles. The molecule has 4 bridgehead atoms. The van der Waals surface area contributed by atoms with Crippen molar-refractivity contribution in [2.75, 3.05) is 0 Å². The van der Waals surface area contributed by atoms with E-state index in [1.54, 1.807) is 0 Å². The number of amides is 2. The quantitative estimate of drug-likeness (QED) is 0.185. The van der Waals surface area contributed by atoms with E-state index in [1.807, 2.05) is 52.0 Å². The third-order valence-corrected chi connectivity index (χ3v) is 15.8. The zero-order valence-electron chi connectivity index (χ0n) is 36.9. The Kier molecular flexibility index (Phi) is 12.0. The van der Waals surface area contributed by atoms with Crippen LogP contribution in [0.4, 0.5) is 0 Å². The zero-order chi connectivity index (χ0) is 43.6. The molecular weight excluding hydrogens is 805 g/mol. The minimum Gasteiger partial charge on any atom is -0.435 e. The summed E-state index contributed by atoms with van der Waals surface area (Å²) in [7, 11) is 0. The second-order valence-corrected chi connectivity index (χ2v) is 19.9. The molecule has 8 heterocycles. The summed E-state index contributed by atoms with van der Waals surface area (Å²) in [6, 6.07) is 7.46. The van der Waals surface area contributed by atoms with Gasteiger partial charge in [0.05, 0.1) is 12.8 Å². The number of rotatable bonds is 12. The SMILES string of the molecule is C[C@H]1[C@H](OC(=O)CCC(=O)NCc2cccc(CNC(=O)CCC(=O)O[C@@H]3O[C@@H]4O[C@@]5(C)CC[C@H]6[C@H](C)CC[C@@H]([C@H]3C)[C@@]46OO5)c2)O[C@@H]2O[C@@]3(C)CC[C@H]4[C@H](C)CC[C@@H]1[C@@]24OO3. The van der Waals surface area contributed by atoms with Gasteiger partial charge in [0.25, 0.3) is 0 Å². The number of benzene rings is 1. The van der Waals surface area contributed by atoms with Crippen LogP contribution >= 0.6 is 0 Å². The Morgan fingerprint density at radius 2 is 1.03 bits per heavy atom. The summed E-state index contributed by atoms with van der Waals surface area (Å²) < 4.78 is 37.1. The minimum atomic E-state index is -0.930. The van der Waals surface area contributed by atoms with Crippen LogP contribution in [0.15, 0.2) is 24.3 Å². The van der Waals surface area contributed by atoms with E-state index in [4.69, 9.17) is 48.0 Å². The highest BCUT2D eigenvalue weighted by Crippen LogP contribution is 2.62. The molecule has 10 aliphatic rings. The summed E-state index contributed by atoms with van der Waals surface area (Å²) in [5, 5.41) is 5.74. The number of ether oxygens (including phenoxy) is 6. The van der Waals surface area contributed by atoms with Crippen LogP contribution in [-0.4, -0.2) is 71.7 Å². The maximum atomic E-state index is 13.0. The van der Waals surface area contributed by atoms with E-state index < -0.39 is 59.9 Å². The number of fused-ring (bicyclic) bond motifs is 4. The second kappa shape index (κ2) is 17.0. The van der Waals surface area contributed by atoms with Crippen LogP contribution in [-0.2, 0) is 80.2 Å². The first-order valence-electron chi connectivity index (χ1n) is 23.0. The van der Waals surface area contributed by atoms with Gasteiger partial charge in [0.1, 0.15) is 0 Å². The highest BCUT2D eigenvalue weighted by molar-refractivity contribution is 5.82. The Balaban J connectivity index is 0.696. The molecule has 11 rings (SSSR count). The molecule has 16 atom stereocenters. The van der Waals surface area contributed by atoms with Crippen molar-refractivity contribution in [2.24, 2.45) is 47.3 Å². The summed E-state index contributed by atoms with van der Waals surface area (Å²) in [6.07, 6.45) is 3.59. The molecule has 2 amide bonds. The van der Waals surface area contributed by atoms with E-state index in [0.717, 1.165) is 49.7 Å². The Morgan fingerprint density at radius 3 is 1.47 bits per heavy atom. The van der Waals surface area contributed by atoms with Crippen molar-refractivity contribution in [1.82, 2.24) is 10.6 Å². The molecular formula is C46H64N2O14. The molecule has 62 heavy (non-hydrogen) atoms. The average molecular weight is 869 g/mol. The van der Waals surface area contributed by atoms with Gasteiger partial charge in [-0.1, -0.05) is 52.0 Å². The van der Waals surface area contributed by atoms with Crippen LogP contribution in [0, 0.1) is 47.3 Å². The van der Waals surface area contributed by atoms with E-state index in [-0.39, 0.29) is 86.1 Å². The Morgan fingerprint density at radius 1 is 0.597 bits per heavy atom. The average Bonchev–Trinajstić information content (AvgIpc) is 3.62. The van der Waals surface area contributed by atoms with Crippen molar-refractivity contribution in [1.29, 1.82) is 0 Å². The lowest BCUT2D eigenvalue weighted by molar-refractivity contribution is -0.576. The van der Waals surface area contributed by atoms with Crippen molar-refractivity contribution in [3.8, 4) is 0 Å². The standard InChI is InChI=1S/C46H64N2O14/c1-25-10-12-33-27(3)39(55-41-45(33)31(25)18-20-43(5,57-41)59-61-45)53-37(51)16-14-35(49)47-23-29-8-7-9-30(22-29)24-48-36(50)15-17-38(52)54-40-28(4)34-13-11-26(2)32-19-21-44(6)58-42(56-40)46(32,34)62-60-44/h7-9,22,25-28,31-34,39-42H,10-21,23-24H2,1-6H3,(H,47,49)(H,48,50)/t25-,26-,27-,28-,31+,32+,33+,34+,39-,40-,41-,42-,43-,44-,45-,46-/m1/s1. The summed E-state index contributed by atoms with van der Waals surface area (Å²) in [4.78, 5) is 75.8. The van der Waals surface area contributed by atoms with Crippen molar-refractivity contribution in [3.05, 3.63) is 35.4 Å². The predicted octanol–water partition coefficient (Wildman–Crippen LogP) is 5.98. The van der Waals surface area contributed by atoms with Gasteiger partial charge in [-0.15, -0.1) is 0 Å². The maximum Gasteiger partial charge on any atom is 0.308 e. The van der Waals surface area contributed by atoms with Gasteiger partial charge in [-0.3, -0.25) is 19.2 Å². The molecule has 0 unspecified atom stereocenters. The highest BCUT2D eigenvalue weighted by Gasteiger charge is 2.71. The molecule has 1 aromatic carbocycles. The van der Waals surface area contributed by atoms with E-state index in [9.17, 15) is 19.2 Å². The van der Waals surface area contributed by atoms with Crippen molar-refractivity contribution < 1.29 is 67.1 Å². The Labute approximate surface area is 363 Å². The molecule has 16 nitrogen and oxygen atoms in total. The molecule has 0 radical (unpaired) electrons. The molecule has 16 heteroatoms. The van der Waals surface area contributed by atoms with E-state index in [1.165, 1.54) is 0 Å². The zero-order valence-corrected chi connectivity index (χ0v) is 36.9. The number of nitrogens with one attached hydrogen (secondary N) is 2. The molecule has 1 aromatic rings. The van der Waals surface area contributed by atoms with Crippen molar-refractivity contribution in [2.45, 2.75) is 180 Å². The van der Waals surface area contributed by atoms with Crippen LogP contribution < -0.4 is 10.6 Å². The number of carbonyl (C=O) groups is 4. The first-order valence-corrected chi connectivity index (χ1v) is 23.0. The lowest BCUT2D eigenvalue weighted by Crippen LogP contribution is -2.70. The number of esters is 2. The summed E-state index contributed by atoms with van der Waals surface area (Å²) >= 11 is 0. The Hall–Kier alpha value is -3.22. The van der Waals surface area contributed by atoms with Crippen LogP contribution in [0.25, 0.3) is 0 Å². The first-order chi connectivity index (χ1) is 29.6. The molecule has 2 saturated carbocycles. The first kappa shape index (κ1) is 44.0. The fourth-order valence-corrected chi connectivity index (χ4v) is 12.2. The van der Waals surface area contributed by atoms with Gasteiger partial charge >= 0.3 is 11.9 Å². The van der Waals surface area contributed by atoms with E-state index in [0.29, 0.717) is 24.7 Å². The van der Waals surface area contributed by atoms with Crippen LogP contribution in [0.1, 0.15) is 130 Å². The second-order valence-electron chi connectivity index (χ2n) is 19.9. The van der Waals surface area contributed by atoms with E-state index >= 15 is 0 Å². The minimum absolute atomic E-state index is 0.0198. The van der Waals surface area contributed by atoms with Gasteiger partial charge in [0.2, 0.25) is 36.0 Å². The fourth-order valence-electron chi connectivity index (χ4n) is 12.2. The van der Waals surface area contributed by atoms with Crippen LogP contribution in [0.3, 0.4) is 0 Å². The summed E-state index contributed by atoms with van der Waals surface area (Å²) in [5.74, 6) is -2.54. The smallest absolute Gasteiger partial charge is 0.308 e. The normalized spacial score (nSPS) is 43.8. The fraction of sp³-hybridized carbons (Fsp3) is 0.783. The van der Waals surface area contributed by atoms with Crippen LogP contribution in [0.5, 0.6) is 0 Å². The monoisotopic (exact) mass is 868 g/mol. The van der Waals surface area contributed by atoms with Crippen LogP contribution in [0.2, 0.25) is 0 Å². The predicted molar refractivity (Wildman–Crippen MR) is 214 cm³/mol. The van der Waals surface area contributed by atoms with Gasteiger partial charge in [-0.05, 0) is 87.2 Å². The molecule has 8 aliphatic heterocycles. The largest absolute Gasteiger partial charge is 0.435 e. The number of hydrogen-bond acceptors (Lipinski definition) is 14. The van der Waals surface area contributed by atoms with Gasteiger partial charge in [-0.25, -0.2) is 19.6 Å². The van der Waals surface area contributed by atoms with Gasteiger partial charge < -0.3 is 39.1 Å². The van der Waals surface area contributed by atoms with E-state index in [2.05, 4.69) is 24.5 Å². The number of carbonyl (C=O) groups excluding carboxylic acids is 4. The third-order valence-electron chi connectivity index (χ3n) is 15.8. The van der Waals surface area contributed by atoms with Gasteiger partial charge in [0, 0.05) is 62.4 Å². The van der Waals surface area contributed by atoms with Crippen molar-refractivity contribution >= 4 is 23.8 Å². The highest BCUT2D eigenvalue weighted by atomic mass is 17.3. The molecule has 10 fully saturated rings. The lowest BCUT2D eigenvalue weighted by atomic mass is 9.58. The Bertz CT molecular complexity index is 1760. The summed E-state index contributed by atoms with van der Waals surface area (Å²) in [5.41, 5.74) is 0.148. The molecule has 2 aliphatic carbocycles. The number of hydrogen-bond donors (Lipinski definition) is 2. The summed E-state index contributed by atoms with van der Waals surface area (Å²) in [6.45, 7) is 12.7. The maximum absolute atomic E-state index is 13.0. The van der Waals surface area contributed by atoms with Gasteiger partial charge in [-0.2, -0.15) is 0 Å². The molecule has 2 spiro atoms. The molecule has 8 saturated heterocycles. The lowest BCUT2D eigenvalue weighted by Gasteiger charge is -2.59.